The number of quaternary nitrogens is 1. The highest BCUT2D eigenvalue weighted by Gasteiger charge is 2.19. The van der Waals surface area contributed by atoms with Crippen molar-refractivity contribution in [2.24, 2.45) is 5.92 Å². The quantitative estimate of drug-likeness (QED) is 0.424. The number of carbonyl (C=O) groups is 1. The Morgan fingerprint density at radius 2 is 1.89 bits per heavy atom. The second-order valence-corrected chi connectivity index (χ2v) is 6.72. The van der Waals surface area contributed by atoms with Gasteiger partial charge in [-0.3, -0.25) is 10.7 Å². The van der Waals surface area contributed by atoms with Crippen LogP contribution in [0.4, 0.5) is 11.4 Å². The molecule has 1 atom stereocenters. The van der Waals surface area contributed by atoms with E-state index in [0.29, 0.717) is 5.56 Å². The van der Waals surface area contributed by atoms with E-state index in [2.05, 4.69) is 13.0 Å². The maximum absolute atomic E-state index is 11.0. The van der Waals surface area contributed by atoms with Gasteiger partial charge in [0.25, 0.3) is 0 Å². The number of hydrogen-bond donors (Lipinski definition) is 3. The van der Waals surface area contributed by atoms with Crippen LogP contribution in [0.1, 0.15) is 36.2 Å². The van der Waals surface area contributed by atoms with Crippen molar-refractivity contribution >= 4 is 23.2 Å². The van der Waals surface area contributed by atoms with Gasteiger partial charge in [-0.15, -0.1) is 0 Å². The van der Waals surface area contributed by atoms with Gasteiger partial charge in [-0.1, -0.05) is 30.7 Å². The summed E-state index contributed by atoms with van der Waals surface area (Å²) in [6.07, 6.45) is 5.07. The lowest BCUT2D eigenvalue weighted by Gasteiger charge is -2.20. The molecule has 0 spiro atoms. The predicted molar refractivity (Wildman–Crippen MR) is 105 cm³/mol. The second kappa shape index (κ2) is 8.01. The van der Waals surface area contributed by atoms with E-state index in [1.165, 1.54) is 0 Å². The zero-order chi connectivity index (χ0) is 19.4. The van der Waals surface area contributed by atoms with Crippen LogP contribution in [0.15, 0.2) is 72.0 Å². The van der Waals surface area contributed by atoms with Crippen LogP contribution in [-0.4, -0.2) is 17.0 Å². The number of nitrogens with two attached hydrogens (primary N) is 1. The molecular formula is C22H23N2O3+. The fraction of sp³-hybridized carbons (Fsp3) is 0.182. The molecule has 0 saturated heterocycles. The molecule has 0 aliphatic heterocycles. The monoisotopic (exact) mass is 363 g/mol. The van der Waals surface area contributed by atoms with Gasteiger partial charge in [0.2, 0.25) is 5.90 Å². The van der Waals surface area contributed by atoms with E-state index in [1.807, 2.05) is 42.6 Å². The molecule has 4 N–H and O–H groups in total. The van der Waals surface area contributed by atoms with Crippen LogP contribution in [0.3, 0.4) is 0 Å². The summed E-state index contributed by atoms with van der Waals surface area (Å²) in [6.45, 7) is 4.12. The molecule has 1 aliphatic rings. The van der Waals surface area contributed by atoms with Crippen LogP contribution < -0.4 is 5.32 Å². The topological polar surface area (TPSA) is 87.0 Å². The van der Waals surface area contributed by atoms with Gasteiger partial charge >= 0.3 is 5.97 Å². The maximum atomic E-state index is 11.0. The molecule has 3 rings (SSSR count). The highest BCUT2D eigenvalue weighted by Crippen LogP contribution is 2.26. The zero-order valence-electron chi connectivity index (χ0n) is 15.4. The molecular weight excluding hydrogens is 340 g/mol. The minimum atomic E-state index is -0.948. The fourth-order valence-corrected chi connectivity index (χ4v) is 2.94. The van der Waals surface area contributed by atoms with Gasteiger partial charge in [0.15, 0.2) is 0 Å². The molecule has 5 heteroatoms. The van der Waals surface area contributed by atoms with Gasteiger partial charge in [-0.05, 0) is 37.6 Å². The number of carboxylic acid groups (broad SMARTS) is 1. The number of ether oxygens (including phenoxy) is 1. The Labute approximate surface area is 158 Å². The molecule has 0 radical (unpaired) electrons. The molecule has 0 heterocycles. The van der Waals surface area contributed by atoms with E-state index >= 15 is 0 Å². The summed E-state index contributed by atoms with van der Waals surface area (Å²) in [5.41, 5.74) is 3.80. The summed E-state index contributed by atoms with van der Waals surface area (Å²) in [4.78, 5) is 11.0. The van der Waals surface area contributed by atoms with Gasteiger partial charge in [-0.2, -0.15) is 0 Å². The van der Waals surface area contributed by atoms with Crippen LogP contribution >= 0.6 is 0 Å². The molecule has 27 heavy (non-hydrogen) atoms. The molecule has 0 amide bonds. The van der Waals surface area contributed by atoms with Crippen molar-refractivity contribution in [1.29, 1.82) is 5.41 Å². The van der Waals surface area contributed by atoms with Gasteiger partial charge in [0.05, 0.1) is 11.1 Å². The van der Waals surface area contributed by atoms with Crippen LogP contribution in [0.2, 0.25) is 0 Å². The minimum Gasteiger partial charge on any atom is -0.478 e. The van der Waals surface area contributed by atoms with Crippen molar-refractivity contribution in [2.45, 2.75) is 20.3 Å². The minimum absolute atomic E-state index is 0.108. The number of aromatic carboxylic acids is 1. The summed E-state index contributed by atoms with van der Waals surface area (Å²) in [5.74, 6) is 0.211. The Bertz CT molecular complexity index is 927. The number of rotatable bonds is 5. The van der Waals surface area contributed by atoms with Crippen molar-refractivity contribution < 1.29 is 20.0 Å². The van der Waals surface area contributed by atoms with Crippen molar-refractivity contribution in [3.63, 3.8) is 0 Å². The average molecular weight is 363 g/mol. The summed E-state index contributed by atoms with van der Waals surface area (Å²) in [6, 6.07) is 14.2. The number of hydrogen-bond acceptors (Lipinski definition) is 3. The molecule has 5 nitrogen and oxygen atoms in total. The molecule has 0 bridgehead atoms. The van der Waals surface area contributed by atoms with Crippen LogP contribution in [0.25, 0.3) is 0 Å². The van der Waals surface area contributed by atoms with Gasteiger partial charge < -0.3 is 9.84 Å². The average Bonchev–Trinajstić information content (AvgIpc) is 2.65. The Morgan fingerprint density at radius 3 is 2.59 bits per heavy atom. The molecule has 0 fully saturated rings. The summed E-state index contributed by atoms with van der Waals surface area (Å²) < 4.78 is 5.89. The Balaban J connectivity index is 1.80. The fourth-order valence-electron chi connectivity index (χ4n) is 2.94. The molecule has 2 aromatic carbocycles. The molecule has 1 unspecified atom stereocenters. The molecule has 0 aromatic heterocycles. The van der Waals surface area contributed by atoms with Crippen LogP contribution in [-0.2, 0) is 4.74 Å². The number of benzene rings is 2. The van der Waals surface area contributed by atoms with Gasteiger partial charge in [0, 0.05) is 24.1 Å². The van der Waals surface area contributed by atoms with Crippen LogP contribution in [0, 0.1) is 11.3 Å². The van der Waals surface area contributed by atoms with Crippen LogP contribution in [0.5, 0.6) is 0 Å². The number of nitrogens with one attached hydrogen (secondary N) is 1. The first kappa shape index (κ1) is 18.6. The lowest BCUT2D eigenvalue weighted by molar-refractivity contribution is -0.478. The largest absolute Gasteiger partial charge is 0.478 e. The first-order valence-corrected chi connectivity index (χ1v) is 8.86. The van der Waals surface area contributed by atoms with E-state index in [0.717, 1.165) is 29.1 Å². The Kier molecular flexibility index (Phi) is 5.52. The van der Waals surface area contributed by atoms with Crippen molar-refractivity contribution in [3.05, 3.63) is 83.1 Å². The van der Waals surface area contributed by atoms with E-state index in [1.54, 1.807) is 24.3 Å². The summed E-state index contributed by atoms with van der Waals surface area (Å²) in [7, 11) is 0. The van der Waals surface area contributed by atoms with Crippen molar-refractivity contribution in [1.82, 2.24) is 0 Å². The normalized spacial score (nSPS) is 16.3. The lowest BCUT2D eigenvalue weighted by Crippen LogP contribution is -2.71. The van der Waals surface area contributed by atoms with Gasteiger partial charge in [-0.25, -0.2) is 4.79 Å². The highest BCUT2D eigenvalue weighted by atomic mass is 16.5. The number of allylic oxidation sites excluding steroid dienone is 4. The SMILES string of the molecule is CC1=CCC(C)C(OC(=N)c2ccccc2[NH2+]c2ccc(C(=O)O)cc2)=C1. The number of carboxylic acids is 1. The first-order valence-electron chi connectivity index (χ1n) is 8.86. The highest BCUT2D eigenvalue weighted by molar-refractivity contribution is 5.96. The zero-order valence-corrected chi connectivity index (χ0v) is 15.4. The van der Waals surface area contributed by atoms with E-state index in [4.69, 9.17) is 15.3 Å². The summed E-state index contributed by atoms with van der Waals surface area (Å²) in [5, 5.41) is 19.4. The maximum Gasteiger partial charge on any atom is 0.335 e. The molecule has 2 aromatic rings. The third-order valence-corrected chi connectivity index (χ3v) is 4.55. The first-order chi connectivity index (χ1) is 12.9. The molecule has 1 aliphatic carbocycles. The lowest BCUT2D eigenvalue weighted by atomic mass is 9.97. The third kappa shape index (κ3) is 4.51. The van der Waals surface area contributed by atoms with E-state index < -0.39 is 5.97 Å². The van der Waals surface area contributed by atoms with E-state index in [-0.39, 0.29) is 17.4 Å². The Hall–Kier alpha value is -3.18. The smallest absolute Gasteiger partial charge is 0.335 e. The number of para-hydroxylation sites is 1. The standard InChI is InChI=1S/C22H22N2O3/c1-14-7-8-15(2)20(13-14)27-21(23)18-5-3-4-6-19(18)24-17-11-9-16(10-12-17)22(25)26/h3-7,9-13,15,23-24H,8H2,1-2H3,(H,25,26)/p+1. The molecule has 0 saturated carbocycles. The second-order valence-electron chi connectivity index (χ2n) is 6.72. The Morgan fingerprint density at radius 1 is 1.19 bits per heavy atom. The van der Waals surface area contributed by atoms with Gasteiger partial charge in [0.1, 0.15) is 17.1 Å². The molecule has 138 valence electrons. The third-order valence-electron chi connectivity index (χ3n) is 4.55. The van der Waals surface area contributed by atoms with Crippen molar-refractivity contribution in [2.75, 3.05) is 0 Å². The van der Waals surface area contributed by atoms with Crippen molar-refractivity contribution in [3.8, 4) is 0 Å². The van der Waals surface area contributed by atoms with E-state index in [9.17, 15) is 4.79 Å². The summed E-state index contributed by atoms with van der Waals surface area (Å²) >= 11 is 0. The predicted octanol–water partition coefficient (Wildman–Crippen LogP) is 4.12.